The molecule has 2 heterocycles. The second-order valence-electron chi connectivity index (χ2n) is 8.13. The van der Waals surface area contributed by atoms with Crippen molar-refractivity contribution < 1.29 is 59.5 Å². The van der Waals surface area contributed by atoms with Gasteiger partial charge in [0.15, 0.2) is 6.29 Å². The van der Waals surface area contributed by atoms with Crippen LogP contribution in [-0.4, -0.2) is 122 Å². The first-order chi connectivity index (χ1) is 15.7. The van der Waals surface area contributed by atoms with E-state index in [0.29, 0.717) is 12.2 Å². The highest BCUT2D eigenvalue weighted by Gasteiger charge is 2.51. The number of rotatable bonds is 7. The Morgan fingerprint density at radius 1 is 0.970 bits per heavy atom. The Morgan fingerprint density at radius 3 is 2.18 bits per heavy atom. The second-order valence-corrected chi connectivity index (χ2v) is 8.13. The van der Waals surface area contributed by atoms with Gasteiger partial charge in [0.05, 0.1) is 19.3 Å². The van der Waals surface area contributed by atoms with Crippen LogP contribution >= 0.6 is 0 Å². The summed E-state index contributed by atoms with van der Waals surface area (Å²) in [5.74, 6) is 0.130. The van der Waals surface area contributed by atoms with E-state index in [1.54, 1.807) is 18.2 Å². The molecule has 11 atom stereocenters. The molecule has 2 aliphatic heterocycles. The van der Waals surface area contributed by atoms with Gasteiger partial charge in [0.2, 0.25) is 12.2 Å². The molecule has 1 aliphatic carbocycles. The fraction of sp³-hybridized carbons (Fsp3) is 0.750. The molecule has 188 valence electrons. The number of allylic oxidation sites excluding steroid dienone is 1. The quantitative estimate of drug-likeness (QED) is 0.176. The van der Waals surface area contributed by atoms with E-state index in [1.807, 2.05) is 0 Å². The third-order valence-electron chi connectivity index (χ3n) is 5.67. The van der Waals surface area contributed by atoms with Crippen molar-refractivity contribution in [2.75, 3.05) is 13.2 Å². The fourth-order valence-electron chi connectivity index (χ4n) is 3.84. The SMILES string of the molecule is CC(=O)NC1C=CC(O[C@H]2OC(CO)[C@@H](O[C@H]3OC(CO)C(O)C(O)[C@H]3O)C(O)C2O)=CC1. The van der Waals surface area contributed by atoms with Gasteiger partial charge in [0.25, 0.3) is 0 Å². The number of hydrogen-bond donors (Lipinski definition) is 8. The molecule has 0 bridgehead atoms. The fourth-order valence-corrected chi connectivity index (χ4v) is 3.84. The zero-order valence-corrected chi connectivity index (χ0v) is 17.9. The third-order valence-corrected chi connectivity index (χ3v) is 5.67. The predicted octanol–water partition coefficient (Wildman–Crippen LogP) is -4.02. The van der Waals surface area contributed by atoms with E-state index in [0.717, 1.165) is 0 Å². The molecule has 13 heteroatoms. The van der Waals surface area contributed by atoms with Gasteiger partial charge in [-0.25, -0.2) is 0 Å². The Balaban J connectivity index is 1.64. The maximum atomic E-state index is 11.1. The van der Waals surface area contributed by atoms with E-state index in [9.17, 15) is 40.5 Å². The van der Waals surface area contributed by atoms with Crippen LogP contribution in [0, 0.1) is 0 Å². The van der Waals surface area contributed by atoms with Crippen molar-refractivity contribution in [2.45, 2.75) is 80.8 Å². The molecule has 13 nitrogen and oxygen atoms in total. The van der Waals surface area contributed by atoms with Gasteiger partial charge in [-0.2, -0.15) is 0 Å². The topological polar surface area (TPSA) is 208 Å². The van der Waals surface area contributed by atoms with Crippen LogP contribution in [0.25, 0.3) is 0 Å². The van der Waals surface area contributed by atoms with Gasteiger partial charge in [-0.1, -0.05) is 6.08 Å². The summed E-state index contributed by atoms with van der Waals surface area (Å²) in [5.41, 5.74) is 0. The van der Waals surface area contributed by atoms with Gasteiger partial charge in [-0.3, -0.25) is 4.79 Å². The van der Waals surface area contributed by atoms with Crippen LogP contribution < -0.4 is 5.32 Å². The second kappa shape index (κ2) is 11.2. The molecular weight excluding hydrogens is 446 g/mol. The van der Waals surface area contributed by atoms with E-state index in [-0.39, 0.29) is 11.9 Å². The molecule has 0 radical (unpaired) electrons. The smallest absolute Gasteiger partial charge is 0.229 e. The molecule has 8 N–H and O–H groups in total. The molecule has 1 amide bonds. The number of amides is 1. The monoisotopic (exact) mass is 477 g/mol. The van der Waals surface area contributed by atoms with Crippen molar-refractivity contribution in [2.24, 2.45) is 0 Å². The Hall–Kier alpha value is -1.65. The van der Waals surface area contributed by atoms with Gasteiger partial charge in [0, 0.05) is 6.92 Å². The molecule has 0 spiro atoms. The lowest BCUT2D eigenvalue weighted by atomic mass is 9.97. The molecule has 33 heavy (non-hydrogen) atoms. The minimum atomic E-state index is -1.74. The highest BCUT2D eigenvalue weighted by molar-refractivity contribution is 5.73. The van der Waals surface area contributed by atoms with Crippen molar-refractivity contribution in [1.29, 1.82) is 0 Å². The van der Waals surface area contributed by atoms with E-state index < -0.39 is 74.6 Å². The molecule has 0 aromatic carbocycles. The number of ether oxygens (including phenoxy) is 4. The Kier molecular flexibility index (Phi) is 8.80. The summed E-state index contributed by atoms with van der Waals surface area (Å²) in [6.45, 7) is 0.0575. The standard InChI is InChI=1S/C20H31NO12/c1-8(24)21-9-2-4-10(5-3-9)30-19-17(29)15(27)18(12(7-23)32-19)33-20-16(28)14(26)13(25)11(6-22)31-20/h2,4-5,9,11-20,22-23,25-29H,3,6-7H2,1H3,(H,21,24)/t9?,11?,12?,13?,14?,15?,16-,17?,18-,19+,20-/m1/s1. The highest BCUT2D eigenvalue weighted by Crippen LogP contribution is 2.30. The van der Waals surface area contributed by atoms with Gasteiger partial charge < -0.3 is 60.0 Å². The molecule has 0 aromatic heterocycles. The lowest BCUT2D eigenvalue weighted by Gasteiger charge is -2.46. The Morgan fingerprint density at radius 2 is 1.61 bits per heavy atom. The molecule has 2 saturated heterocycles. The number of nitrogens with one attached hydrogen (secondary N) is 1. The van der Waals surface area contributed by atoms with Crippen LogP contribution in [0.3, 0.4) is 0 Å². The summed E-state index contributed by atoms with van der Waals surface area (Å²) < 4.78 is 21.9. The highest BCUT2D eigenvalue weighted by atomic mass is 16.7. The van der Waals surface area contributed by atoms with Crippen molar-refractivity contribution in [3.63, 3.8) is 0 Å². The largest absolute Gasteiger partial charge is 0.462 e. The van der Waals surface area contributed by atoms with Crippen LogP contribution in [0.2, 0.25) is 0 Å². The van der Waals surface area contributed by atoms with Crippen LogP contribution in [0.5, 0.6) is 0 Å². The van der Waals surface area contributed by atoms with Gasteiger partial charge >= 0.3 is 0 Å². The molecule has 3 rings (SSSR count). The molecule has 2 fully saturated rings. The van der Waals surface area contributed by atoms with E-state index in [4.69, 9.17) is 18.9 Å². The maximum Gasteiger partial charge on any atom is 0.229 e. The van der Waals surface area contributed by atoms with Crippen LogP contribution in [-0.2, 0) is 23.7 Å². The first-order valence-electron chi connectivity index (χ1n) is 10.6. The van der Waals surface area contributed by atoms with Gasteiger partial charge in [-0.05, 0) is 18.6 Å². The van der Waals surface area contributed by atoms with Crippen molar-refractivity contribution in [3.05, 3.63) is 24.0 Å². The number of carbonyl (C=O) groups is 1. The van der Waals surface area contributed by atoms with Crippen molar-refractivity contribution in [1.82, 2.24) is 5.32 Å². The average Bonchev–Trinajstić information content (AvgIpc) is 2.79. The summed E-state index contributed by atoms with van der Waals surface area (Å²) in [7, 11) is 0. The normalized spacial score (nSPS) is 43.6. The van der Waals surface area contributed by atoms with Crippen molar-refractivity contribution in [3.8, 4) is 0 Å². The Bertz CT molecular complexity index is 728. The van der Waals surface area contributed by atoms with E-state index in [2.05, 4.69) is 5.32 Å². The predicted molar refractivity (Wildman–Crippen MR) is 107 cm³/mol. The molecule has 0 aromatic rings. The number of aliphatic hydroxyl groups excluding tert-OH is 7. The zero-order valence-electron chi connectivity index (χ0n) is 17.9. The molecule has 3 aliphatic rings. The van der Waals surface area contributed by atoms with E-state index >= 15 is 0 Å². The van der Waals surface area contributed by atoms with Crippen LogP contribution in [0.1, 0.15) is 13.3 Å². The number of aliphatic hydroxyl groups is 7. The first kappa shape index (κ1) is 26.0. The zero-order chi connectivity index (χ0) is 24.3. The lowest BCUT2D eigenvalue weighted by Crippen LogP contribution is -2.64. The summed E-state index contributed by atoms with van der Waals surface area (Å²) >= 11 is 0. The molecule has 7 unspecified atom stereocenters. The summed E-state index contributed by atoms with van der Waals surface area (Å²) in [6, 6.07) is -0.209. The number of carbonyl (C=O) groups excluding carboxylic acids is 1. The van der Waals surface area contributed by atoms with Gasteiger partial charge in [-0.15, -0.1) is 0 Å². The molecule has 0 saturated carbocycles. The minimum absolute atomic E-state index is 0.187. The number of hydrogen-bond acceptors (Lipinski definition) is 12. The minimum Gasteiger partial charge on any atom is -0.462 e. The summed E-state index contributed by atoms with van der Waals surface area (Å²) in [6.07, 6.45) is -9.84. The van der Waals surface area contributed by atoms with E-state index in [1.165, 1.54) is 6.92 Å². The molecular formula is C20H31NO12. The summed E-state index contributed by atoms with van der Waals surface area (Å²) in [5, 5.41) is 72.8. The lowest BCUT2D eigenvalue weighted by molar-refractivity contribution is -0.356. The van der Waals surface area contributed by atoms with Crippen LogP contribution in [0.15, 0.2) is 24.0 Å². The van der Waals surface area contributed by atoms with Crippen molar-refractivity contribution >= 4 is 5.91 Å². The van der Waals surface area contributed by atoms with Crippen LogP contribution in [0.4, 0.5) is 0 Å². The Labute approximate surface area is 189 Å². The third kappa shape index (κ3) is 5.89. The maximum absolute atomic E-state index is 11.1. The average molecular weight is 477 g/mol. The van der Waals surface area contributed by atoms with Gasteiger partial charge in [0.1, 0.15) is 54.6 Å². The first-order valence-corrected chi connectivity index (χ1v) is 10.6. The summed E-state index contributed by atoms with van der Waals surface area (Å²) in [4.78, 5) is 11.1.